The second-order valence-corrected chi connectivity index (χ2v) is 4.99. The van der Waals surface area contributed by atoms with Crippen molar-refractivity contribution < 1.29 is 14.4 Å². The summed E-state index contributed by atoms with van der Waals surface area (Å²) < 4.78 is 10.7. The molecule has 0 amide bonds. The first-order valence-electron chi connectivity index (χ1n) is 6.84. The van der Waals surface area contributed by atoms with Gasteiger partial charge in [0.15, 0.2) is 0 Å². The Morgan fingerprint density at radius 1 is 1.40 bits per heavy atom. The number of ether oxygens (including phenoxy) is 2. The molecule has 1 aromatic rings. The molecule has 1 N–H and O–H groups in total. The Hall–Kier alpha value is -1.82. The molecule has 20 heavy (non-hydrogen) atoms. The molecule has 6 heteroatoms. The Labute approximate surface area is 118 Å². The van der Waals surface area contributed by atoms with Crippen LogP contribution in [0.15, 0.2) is 18.2 Å². The maximum absolute atomic E-state index is 10.9. The third kappa shape index (κ3) is 3.60. The largest absolute Gasteiger partial charge is 0.493 e. The van der Waals surface area contributed by atoms with Crippen molar-refractivity contribution in [3.05, 3.63) is 28.3 Å². The van der Waals surface area contributed by atoms with E-state index in [-0.39, 0.29) is 5.69 Å². The number of hydrogen-bond acceptors (Lipinski definition) is 5. The molecule has 2 rings (SSSR count). The van der Waals surface area contributed by atoms with Crippen molar-refractivity contribution in [2.75, 3.05) is 19.0 Å². The summed E-state index contributed by atoms with van der Waals surface area (Å²) in [5.41, 5.74) is 0.772. The Balaban J connectivity index is 2.06. The molecule has 0 atom stereocenters. The number of hydrogen-bond donors (Lipinski definition) is 1. The molecule has 0 saturated heterocycles. The van der Waals surface area contributed by atoms with E-state index >= 15 is 0 Å². The monoisotopic (exact) mass is 280 g/mol. The summed E-state index contributed by atoms with van der Waals surface area (Å²) in [6, 6.07) is 5.11. The summed E-state index contributed by atoms with van der Waals surface area (Å²) in [7, 11) is 1.70. The fourth-order valence-electron chi connectivity index (χ4n) is 2.19. The number of nitrogens with zero attached hydrogens (tertiary/aromatic N) is 1. The van der Waals surface area contributed by atoms with Gasteiger partial charge in [-0.2, -0.15) is 0 Å². The molecule has 0 aliphatic heterocycles. The van der Waals surface area contributed by atoms with Crippen LogP contribution in [0.5, 0.6) is 5.75 Å². The second kappa shape index (κ2) is 6.56. The summed E-state index contributed by atoms with van der Waals surface area (Å²) in [4.78, 5) is 10.5. The highest BCUT2D eigenvalue weighted by Gasteiger charge is 2.29. The first-order chi connectivity index (χ1) is 9.62. The lowest BCUT2D eigenvalue weighted by Crippen LogP contribution is -2.40. The maximum atomic E-state index is 10.9. The molecule has 1 aromatic carbocycles. The molecule has 1 aliphatic carbocycles. The van der Waals surface area contributed by atoms with Crippen LogP contribution < -0.4 is 10.1 Å². The van der Waals surface area contributed by atoms with Gasteiger partial charge in [0.25, 0.3) is 5.69 Å². The summed E-state index contributed by atoms with van der Waals surface area (Å²) in [5, 5.41) is 14.2. The highest BCUT2D eigenvalue weighted by molar-refractivity contribution is 5.57. The van der Waals surface area contributed by atoms with Crippen LogP contribution >= 0.6 is 0 Å². The van der Waals surface area contributed by atoms with Crippen LogP contribution in [0.1, 0.15) is 26.2 Å². The molecule has 0 heterocycles. The van der Waals surface area contributed by atoms with Crippen LogP contribution in [0.3, 0.4) is 0 Å². The van der Waals surface area contributed by atoms with Crippen molar-refractivity contribution >= 4 is 11.4 Å². The van der Waals surface area contributed by atoms with E-state index < -0.39 is 4.92 Å². The zero-order valence-electron chi connectivity index (χ0n) is 11.8. The first-order valence-corrected chi connectivity index (χ1v) is 6.84. The number of nitro groups is 1. The van der Waals surface area contributed by atoms with Crippen molar-refractivity contribution in [1.82, 2.24) is 0 Å². The standard InChI is InChI=1S/C14H20N2O4/c1-3-4-20-14-8-10(5-12(9-14)16(17)18)15-11-6-13(7-11)19-2/h5,8-9,11,13,15H,3-4,6-7H2,1-2H3. The van der Waals surface area contributed by atoms with Gasteiger partial charge in [-0.05, 0) is 19.3 Å². The summed E-state index contributed by atoms with van der Waals surface area (Å²) >= 11 is 0. The van der Waals surface area contributed by atoms with Gasteiger partial charge < -0.3 is 14.8 Å². The average Bonchev–Trinajstić information content (AvgIpc) is 2.39. The highest BCUT2D eigenvalue weighted by atomic mass is 16.6. The van der Waals surface area contributed by atoms with Crippen LogP contribution in [-0.2, 0) is 4.74 Å². The number of anilines is 1. The SMILES string of the molecule is CCCOc1cc(NC2CC(OC)C2)cc([N+](=O)[O-])c1. The molecule has 0 radical (unpaired) electrons. The van der Waals surface area contributed by atoms with Crippen molar-refractivity contribution in [2.24, 2.45) is 0 Å². The fourth-order valence-corrected chi connectivity index (χ4v) is 2.19. The van der Waals surface area contributed by atoms with E-state index in [2.05, 4.69) is 5.32 Å². The molecule has 0 bridgehead atoms. The normalized spacial score (nSPS) is 21.1. The van der Waals surface area contributed by atoms with Crippen molar-refractivity contribution in [1.29, 1.82) is 0 Å². The molecule has 0 aromatic heterocycles. The number of methoxy groups -OCH3 is 1. The van der Waals surface area contributed by atoms with Crippen LogP contribution in [0.25, 0.3) is 0 Å². The van der Waals surface area contributed by atoms with Crippen LogP contribution in [0.4, 0.5) is 11.4 Å². The smallest absolute Gasteiger partial charge is 0.275 e. The third-order valence-corrected chi connectivity index (χ3v) is 3.37. The second-order valence-electron chi connectivity index (χ2n) is 4.99. The summed E-state index contributed by atoms with van der Waals surface area (Å²) in [6.07, 6.45) is 3.00. The Bertz CT molecular complexity index is 472. The topological polar surface area (TPSA) is 73.6 Å². The number of nitrogens with one attached hydrogen (secondary N) is 1. The van der Waals surface area contributed by atoms with Gasteiger partial charge >= 0.3 is 0 Å². The average molecular weight is 280 g/mol. The van der Waals surface area contributed by atoms with E-state index in [1.165, 1.54) is 6.07 Å². The lowest BCUT2D eigenvalue weighted by molar-refractivity contribution is -0.384. The van der Waals surface area contributed by atoms with Gasteiger partial charge in [0, 0.05) is 31.0 Å². The molecule has 6 nitrogen and oxygen atoms in total. The van der Waals surface area contributed by atoms with Gasteiger partial charge in [-0.25, -0.2) is 0 Å². The van der Waals surface area contributed by atoms with E-state index in [4.69, 9.17) is 9.47 Å². The quantitative estimate of drug-likeness (QED) is 0.614. The van der Waals surface area contributed by atoms with Crippen molar-refractivity contribution in [2.45, 2.75) is 38.3 Å². The molecular weight excluding hydrogens is 260 g/mol. The Morgan fingerprint density at radius 2 is 2.15 bits per heavy atom. The lowest BCUT2D eigenvalue weighted by atomic mass is 9.89. The lowest BCUT2D eigenvalue weighted by Gasteiger charge is -2.35. The van der Waals surface area contributed by atoms with Crippen molar-refractivity contribution in [3.8, 4) is 5.75 Å². The molecular formula is C14H20N2O4. The van der Waals surface area contributed by atoms with Gasteiger partial charge in [-0.15, -0.1) is 0 Å². The first kappa shape index (κ1) is 14.6. The number of benzene rings is 1. The highest BCUT2D eigenvalue weighted by Crippen LogP contribution is 2.30. The number of rotatable bonds is 7. The van der Waals surface area contributed by atoms with Crippen LogP contribution in [-0.4, -0.2) is 30.8 Å². The van der Waals surface area contributed by atoms with Crippen LogP contribution in [0.2, 0.25) is 0 Å². The van der Waals surface area contributed by atoms with E-state index in [9.17, 15) is 10.1 Å². The molecule has 1 fully saturated rings. The van der Waals surface area contributed by atoms with E-state index in [0.29, 0.717) is 24.5 Å². The predicted octanol–water partition coefficient (Wildman–Crippen LogP) is 2.97. The molecule has 1 aliphatic rings. The minimum Gasteiger partial charge on any atom is -0.493 e. The zero-order chi connectivity index (χ0) is 14.5. The van der Waals surface area contributed by atoms with Crippen molar-refractivity contribution in [3.63, 3.8) is 0 Å². The van der Waals surface area contributed by atoms with E-state index in [1.54, 1.807) is 13.2 Å². The number of nitro benzene ring substituents is 1. The number of non-ortho nitro benzene ring substituents is 1. The minimum absolute atomic E-state index is 0.0451. The zero-order valence-corrected chi connectivity index (χ0v) is 11.8. The minimum atomic E-state index is -0.400. The Morgan fingerprint density at radius 3 is 2.75 bits per heavy atom. The van der Waals surface area contributed by atoms with Gasteiger partial charge in [-0.1, -0.05) is 6.92 Å². The van der Waals surface area contributed by atoms with Gasteiger partial charge in [0.1, 0.15) is 5.75 Å². The molecule has 0 unspecified atom stereocenters. The molecule has 110 valence electrons. The summed E-state index contributed by atoms with van der Waals surface area (Å²) in [6.45, 7) is 2.55. The molecule has 1 saturated carbocycles. The maximum Gasteiger partial charge on any atom is 0.275 e. The van der Waals surface area contributed by atoms with E-state index in [0.717, 1.165) is 24.9 Å². The van der Waals surface area contributed by atoms with E-state index in [1.807, 2.05) is 13.0 Å². The van der Waals surface area contributed by atoms with Gasteiger partial charge in [0.05, 0.1) is 23.7 Å². The Kier molecular flexibility index (Phi) is 4.79. The third-order valence-electron chi connectivity index (χ3n) is 3.37. The van der Waals surface area contributed by atoms with Gasteiger partial charge in [0.2, 0.25) is 0 Å². The van der Waals surface area contributed by atoms with Crippen LogP contribution in [0, 0.1) is 10.1 Å². The fraction of sp³-hybridized carbons (Fsp3) is 0.571. The predicted molar refractivity (Wildman–Crippen MR) is 76.3 cm³/mol. The van der Waals surface area contributed by atoms with Gasteiger partial charge in [-0.3, -0.25) is 10.1 Å². The summed E-state index contributed by atoms with van der Waals surface area (Å²) in [5.74, 6) is 0.533. The molecule has 0 spiro atoms.